The number of hydrogen-bond donors (Lipinski definition) is 0. The van der Waals surface area contributed by atoms with Gasteiger partial charge < -0.3 is 0 Å². The molecule has 0 fully saturated rings. The molecule has 0 aromatic carbocycles. The second kappa shape index (κ2) is 3.68. The van der Waals surface area contributed by atoms with Crippen molar-refractivity contribution in [1.82, 2.24) is 0 Å². The van der Waals surface area contributed by atoms with Crippen molar-refractivity contribution < 1.29 is 16.5 Å². The van der Waals surface area contributed by atoms with Crippen molar-refractivity contribution in [1.29, 1.82) is 0 Å². The molecule has 0 aliphatic carbocycles. The molecule has 0 atom stereocenters. The van der Waals surface area contributed by atoms with Crippen LogP contribution >= 0.6 is 0 Å². The minimum absolute atomic E-state index is 0.738. The molecule has 4 nitrogen and oxygen atoms in total. The van der Waals surface area contributed by atoms with Gasteiger partial charge in [0.2, 0.25) is 8.32 Å². The van der Waals surface area contributed by atoms with Gasteiger partial charge in [0.15, 0.2) is 0 Å². The molecule has 0 saturated heterocycles. The molecule has 80 valence electrons. The van der Waals surface area contributed by atoms with Crippen LogP contribution < -0.4 is 0 Å². The Bertz CT molecular complexity index is 235. The molecule has 0 amide bonds. The van der Waals surface area contributed by atoms with E-state index >= 15 is 0 Å². The van der Waals surface area contributed by atoms with Crippen molar-refractivity contribution in [2.24, 2.45) is 0 Å². The van der Waals surface area contributed by atoms with Gasteiger partial charge in [0.1, 0.15) is 0 Å². The zero-order valence-electron chi connectivity index (χ0n) is 9.04. The first kappa shape index (κ1) is 13.1. The molecule has 0 spiro atoms. The summed E-state index contributed by atoms with van der Waals surface area (Å²) >= 11 is 0. The summed E-state index contributed by atoms with van der Waals surface area (Å²) in [4.78, 5) is 0. The maximum atomic E-state index is 11.3. The third-order valence-electron chi connectivity index (χ3n) is 0.704. The van der Waals surface area contributed by atoms with Gasteiger partial charge in [0.25, 0.3) is 0 Å². The highest BCUT2D eigenvalue weighted by Crippen LogP contribution is 2.16. The van der Waals surface area contributed by atoms with Crippen molar-refractivity contribution in [2.45, 2.75) is 46.0 Å². The third kappa shape index (κ3) is 8.42. The summed E-state index contributed by atoms with van der Waals surface area (Å²) in [5.74, 6) is 0. The van der Waals surface area contributed by atoms with E-state index in [1.807, 2.05) is 0 Å². The average Bonchev–Trinajstić information content (AvgIpc) is 1.43. The summed E-state index contributed by atoms with van der Waals surface area (Å²) in [5.41, 5.74) is -0.738. The summed E-state index contributed by atoms with van der Waals surface area (Å²) in [7, 11) is -5.94. The fourth-order valence-electron chi connectivity index (χ4n) is 0.629. The van der Waals surface area contributed by atoms with Gasteiger partial charge in [-0.1, -0.05) is 0 Å². The fourth-order valence-corrected chi connectivity index (χ4v) is 3.83. The summed E-state index contributed by atoms with van der Waals surface area (Å²) in [6, 6.07) is 0. The lowest BCUT2D eigenvalue weighted by Gasteiger charge is -2.22. The van der Waals surface area contributed by atoms with E-state index in [0.29, 0.717) is 0 Å². The molecule has 0 aliphatic rings. The van der Waals surface area contributed by atoms with Crippen LogP contribution in [0.5, 0.6) is 0 Å². The largest absolute Gasteiger partial charge is 0.390 e. The van der Waals surface area contributed by atoms with Gasteiger partial charge in [0.05, 0.1) is 5.60 Å². The van der Waals surface area contributed by atoms with Crippen LogP contribution in [0.2, 0.25) is 19.6 Å². The Morgan fingerprint density at radius 2 is 1.46 bits per heavy atom. The lowest BCUT2D eigenvalue weighted by atomic mass is 10.2. The maximum Gasteiger partial charge on any atom is 0.390 e. The second-order valence-electron chi connectivity index (χ2n) is 4.80. The van der Waals surface area contributed by atoms with Crippen molar-refractivity contribution in [3.63, 3.8) is 0 Å². The molecule has 0 rings (SSSR count). The average molecular weight is 226 g/mol. The quantitative estimate of drug-likeness (QED) is 0.690. The van der Waals surface area contributed by atoms with Crippen LogP contribution in [0.15, 0.2) is 0 Å². The van der Waals surface area contributed by atoms with Crippen molar-refractivity contribution >= 4 is 18.7 Å². The number of hydrogen-bond acceptors (Lipinski definition) is 4. The minimum Gasteiger partial charge on any atom is -0.294 e. The Balaban J connectivity index is 4.46. The summed E-state index contributed by atoms with van der Waals surface area (Å²) in [6.07, 6.45) is 0. The molecule has 0 radical (unpaired) electrons. The first-order chi connectivity index (χ1) is 5.41. The van der Waals surface area contributed by atoms with Gasteiger partial charge in [-0.25, -0.2) is 4.18 Å². The molecule has 6 heteroatoms. The molecular weight excluding hydrogens is 208 g/mol. The zero-order valence-corrected chi connectivity index (χ0v) is 10.9. The summed E-state index contributed by atoms with van der Waals surface area (Å²) < 4.78 is 32.2. The van der Waals surface area contributed by atoms with Gasteiger partial charge in [-0.2, -0.15) is 8.42 Å². The molecule has 0 unspecified atom stereocenters. The van der Waals surface area contributed by atoms with Crippen molar-refractivity contribution in [2.75, 3.05) is 0 Å². The second-order valence-corrected chi connectivity index (χ2v) is 10.7. The Morgan fingerprint density at radius 3 is 1.69 bits per heavy atom. The van der Waals surface area contributed by atoms with Crippen LogP contribution in [-0.2, 0) is 18.5 Å². The highest BCUT2D eigenvalue weighted by molar-refractivity contribution is 7.83. The molecule has 0 N–H and O–H groups in total. The molecule has 0 bridgehead atoms. The molecule has 0 saturated carbocycles. The van der Waals surface area contributed by atoms with Crippen LogP contribution in [0.1, 0.15) is 20.8 Å². The summed E-state index contributed by atoms with van der Waals surface area (Å²) in [5, 5.41) is 0. The third-order valence-corrected chi connectivity index (χ3v) is 4.22. The van der Waals surface area contributed by atoms with Gasteiger partial charge in [0, 0.05) is 0 Å². The maximum absolute atomic E-state index is 11.3. The monoisotopic (exact) mass is 226 g/mol. The fraction of sp³-hybridized carbons (Fsp3) is 1.00. The zero-order chi connectivity index (χ0) is 10.9. The molecule has 13 heavy (non-hydrogen) atoms. The van der Waals surface area contributed by atoms with E-state index in [4.69, 9.17) is 8.06 Å². The van der Waals surface area contributed by atoms with Gasteiger partial charge >= 0.3 is 10.4 Å². The molecule has 0 aromatic heterocycles. The van der Waals surface area contributed by atoms with E-state index in [-0.39, 0.29) is 0 Å². The van der Waals surface area contributed by atoms with Gasteiger partial charge in [-0.05, 0) is 40.4 Å². The first-order valence-corrected chi connectivity index (χ1v) is 8.82. The molecule has 0 aliphatic heterocycles. The molecule has 0 heterocycles. The molecular formula is C7H18O4SSi. The number of rotatable bonds is 3. The lowest BCUT2D eigenvalue weighted by molar-refractivity contribution is 0.121. The van der Waals surface area contributed by atoms with E-state index < -0.39 is 24.3 Å². The lowest BCUT2D eigenvalue weighted by Crippen LogP contribution is -2.34. The van der Waals surface area contributed by atoms with Crippen LogP contribution in [0.4, 0.5) is 0 Å². The standard InChI is InChI=1S/C7H18O4SSi/c1-7(2,3)10-12(8,9)11-13(4,5)6/h1-6H3. The Hall–Kier alpha value is 0.0869. The predicted octanol–water partition coefficient (Wildman–Crippen LogP) is 1.90. The van der Waals surface area contributed by atoms with Gasteiger partial charge in [-0.15, -0.1) is 0 Å². The first-order valence-electron chi connectivity index (χ1n) is 4.07. The van der Waals surface area contributed by atoms with Crippen LogP contribution in [0.25, 0.3) is 0 Å². The Kier molecular flexibility index (Phi) is 3.71. The molecule has 0 aromatic rings. The van der Waals surface area contributed by atoms with Crippen LogP contribution in [-0.4, -0.2) is 22.3 Å². The van der Waals surface area contributed by atoms with E-state index in [1.165, 1.54) is 0 Å². The van der Waals surface area contributed by atoms with E-state index in [9.17, 15) is 8.42 Å². The minimum atomic E-state index is -3.84. The Labute approximate surface area is 81.7 Å². The van der Waals surface area contributed by atoms with E-state index in [1.54, 1.807) is 40.4 Å². The van der Waals surface area contributed by atoms with E-state index in [0.717, 1.165) is 0 Å². The topological polar surface area (TPSA) is 52.6 Å². The van der Waals surface area contributed by atoms with Crippen molar-refractivity contribution in [3.05, 3.63) is 0 Å². The van der Waals surface area contributed by atoms with Gasteiger partial charge in [-0.3, -0.25) is 3.87 Å². The Morgan fingerprint density at radius 1 is 1.08 bits per heavy atom. The summed E-state index contributed by atoms with van der Waals surface area (Å²) in [6.45, 7) is 10.4. The smallest absolute Gasteiger partial charge is 0.294 e. The van der Waals surface area contributed by atoms with Crippen LogP contribution in [0.3, 0.4) is 0 Å². The highest BCUT2D eigenvalue weighted by atomic mass is 32.3. The highest BCUT2D eigenvalue weighted by Gasteiger charge is 2.29. The van der Waals surface area contributed by atoms with Crippen molar-refractivity contribution in [3.8, 4) is 0 Å². The van der Waals surface area contributed by atoms with Crippen LogP contribution in [0, 0.1) is 0 Å². The SMILES string of the molecule is CC(C)(C)OS(=O)(=O)O[Si](C)(C)C. The van der Waals surface area contributed by atoms with E-state index in [2.05, 4.69) is 0 Å². The normalized spacial score (nSPS) is 14.6. The predicted molar refractivity (Wildman–Crippen MR) is 54.2 cm³/mol.